The lowest BCUT2D eigenvalue weighted by molar-refractivity contribution is -0.152. The standard InChI is InChI=1S/C24H33F3N2O2S/c1-23(2,3)15-29-14-20(19-12-11-17(13-21(19)29)16-7-4-5-8-16)22(24(25,26)27)28-32(30,31)18-9-6-10-18/h11-14,16,18,22,28H,4-10,15H2,1-3H3. The van der Waals surface area contributed by atoms with Gasteiger partial charge in [-0.2, -0.15) is 17.9 Å². The fraction of sp³-hybridized carbons (Fsp3) is 0.667. The maximum atomic E-state index is 14.2. The number of aromatic nitrogens is 1. The molecule has 0 aliphatic heterocycles. The minimum absolute atomic E-state index is 0.0161. The first-order valence-corrected chi connectivity index (χ1v) is 13.1. The van der Waals surface area contributed by atoms with E-state index < -0.39 is 27.5 Å². The van der Waals surface area contributed by atoms with E-state index in [1.165, 1.54) is 19.0 Å². The number of sulfonamides is 1. The largest absolute Gasteiger partial charge is 0.408 e. The lowest BCUT2D eigenvalue weighted by Gasteiger charge is -2.29. The average molecular weight is 471 g/mol. The number of benzene rings is 1. The predicted octanol–water partition coefficient (Wildman–Crippen LogP) is 6.42. The highest BCUT2D eigenvalue weighted by Crippen LogP contribution is 2.42. The molecular formula is C24H33F3N2O2S. The van der Waals surface area contributed by atoms with Gasteiger partial charge < -0.3 is 4.57 Å². The molecule has 1 aromatic carbocycles. The second-order valence-electron chi connectivity index (χ2n) is 10.7. The quantitative estimate of drug-likeness (QED) is 0.530. The third-order valence-electron chi connectivity index (χ3n) is 6.82. The molecule has 0 radical (unpaired) electrons. The SMILES string of the molecule is CC(C)(C)Cn1cc(C(NS(=O)(=O)C2CCC2)C(F)(F)F)c2ccc(C3CCCC3)cc21. The summed E-state index contributed by atoms with van der Waals surface area (Å²) in [5, 5.41) is -0.265. The highest BCUT2D eigenvalue weighted by molar-refractivity contribution is 7.90. The van der Waals surface area contributed by atoms with Gasteiger partial charge in [-0.3, -0.25) is 0 Å². The van der Waals surface area contributed by atoms with Crippen LogP contribution in [0.3, 0.4) is 0 Å². The van der Waals surface area contributed by atoms with Crippen LogP contribution in [-0.2, 0) is 16.6 Å². The van der Waals surface area contributed by atoms with Crippen LogP contribution in [0.2, 0.25) is 0 Å². The molecule has 0 saturated heterocycles. The van der Waals surface area contributed by atoms with Gasteiger partial charge >= 0.3 is 6.18 Å². The number of nitrogens with one attached hydrogen (secondary N) is 1. The summed E-state index contributed by atoms with van der Waals surface area (Å²) in [6.45, 7) is 6.66. The molecular weight excluding hydrogens is 437 g/mol. The van der Waals surface area contributed by atoms with Crippen molar-refractivity contribution >= 4 is 20.9 Å². The van der Waals surface area contributed by atoms with Gasteiger partial charge in [-0.1, -0.05) is 52.2 Å². The van der Waals surface area contributed by atoms with Crippen LogP contribution in [0, 0.1) is 5.41 Å². The number of halogens is 3. The summed E-state index contributed by atoms with van der Waals surface area (Å²) < 4.78 is 71.7. The van der Waals surface area contributed by atoms with Crippen LogP contribution in [0.25, 0.3) is 10.9 Å². The van der Waals surface area contributed by atoms with Crippen molar-refractivity contribution in [1.29, 1.82) is 0 Å². The summed E-state index contributed by atoms with van der Waals surface area (Å²) >= 11 is 0. The number of rotatable bonds is 6. The molecule has 4 nitrogen and oxygen atoms in total. The van der Waals surface area contributed by atoms with Gasteiger partial charge in [0.15, 0.2) is 0 Å². The summed E-state index contributed by atoms with van der Waals surface area (Å²) in [7, 11) is -4.05. The Morgan fingerprint density at radius 2 is 1.72 bits per heavy atom. The molecule has 1 heterocycles. The van der Waals surface area contributed by atoms with Crippen molar-refractivity contribution in [2.24, 2.45) is 5.41 Å². The first-order valence-electron chi connectivity index (χ1n) is 11.6. The van der Waals surface area contributed by atoms with Gasteiger partial charge in [0, 0.05) is 29.2 Å². The van der Waals surface area contributed by atoms with Gasteiger partial charge in [-0.25, -0.2) is 8.42 Å². The number of hydrogen-bond donors (Lipinski definition) is 1. The first-order chi connectivity index (χ1) is 14.9. The molecule has 178 valence electrons. The molecule has 1 N–H and O–H groups in total. The molecule has 0 bridgehead atoms. The van der Waals surface area contributed by atoms with Gasteiger partial charge in [-0.15, -0.1) is 0 Å². The van der Waals surface area contributed by atoms with Crippen LogP contribution in [-0.4, -0.2) is 24.4 Å². The molecule has 4 rings (SSSR count). The van der Waals surface area contributed by atoms with E-state index in [1.807, 2.05) is 42.2 Å². The monoisotopic (exact) mass is 470 g/mol. The molecule has 0 spiro atoms. The van der Waals surface area contributed by atoms with E-state index in [4.69, 9.17) is 0 Å². The minimum Gasteiger partial charge on any atom is -0.347 e. The van der Waals surface area contributed by atoms with Crippen LogP contribution in [0.15, 0.2) is 24.4 Å². The second-order valence-corrected chi connectivity index (χ2v) is 12.7. The van der Waals surface area contributed by atoms with Crippen molar-refractivity contribution in [3.63, 3.8) is 0 Å². The molecule has 2 aliphatic carbocycles. The molecule has 1 unspecified atom stereocenters. The van der Waals surface area contributed by atoms with Crippen molar-refractivity contribution in [3.8, 4) is 0 Å². The smallest absolute Gasteiger partial charge is 0.347 e. The Kier molecular flexibility index (Phi) is 6.16. The third kappa shape index (κ3) is 4.86. The Hall–Kier alpha value is -1.54. The van der Waals surface area contributed by atoms with E-state index in [2.05, 4.69) is 0 Å². The average Bonchev–Trinajstić information content (AvgIpc) is 3.24. The molecule has 32 heavy (non-hydrogen) atoms. The maximum absolute atomic E-state index is 14.2. The highest BCUT2D eigenvalue weighted by atomic mass is 32.2. The zero-order valence-corrected chi connectivity index (χ0v) is 19.8. The van der Waals surface area contributed by atoms with E-state index in [1.54, 1.807) is 6.07 Å². The van der Waals surface area contributed by atoms with Crippen LogP contribution in [0.5, 0.6) is 0 Å². The Labute approximate surface area is 188 Å². The van der Waals surface area contributed by atoms with E-state index in [9.17, 15) is 21.6 Å². The van der Waals surface area contributed by atoms with Gasteiger partial charge in [0.05, 0.1) is 5.25 Å². The molecule has 1 aromatic heterocycles. The van der Waals surface area contributed by atoms with E-state index in [-0.39, 0.29) is 11.0 Å². The lowest BCUT2D eigenvalue weighted by Crippen LogP contribution is -2.44. The second kappa shape index (κ2) is 8.35. The maximum Gasteiger partial charge on any atom is 0.408 e. The Morgan fingerprint density at radius 3 is 2.25 bits per heavy atom. The topological polar surface area (TPSA) is 51.1 Å². The zero-order chi connectivity index (χ0) is 23.3. The first kappa shape index (κ1) is 23.6. The number of fused-ring (bicyclic) bond motifs is 1. The van der Waals surface area contributed by atoms with Gasteiger partial charge in [0.1, 0.15) is 6.04 Å². The fourth-order valence-corrected chi connectivity index (χ4v) is 6.71. The molecule has 0 amide bonds. The Morgan fingerprint density at radius 1 is 1.06 bits per heavy atom. The number of hydrogen-bond acceptors (Lipinski definition) is 2. The summed E-state index contributed by atoms with van der Waals surface area (Å²) in [5.74, 6) is 0.441. The normalized spacial score (nSPS) is 20.1. The Balaban J connectivity index is 1.81. The summed E-state index contributed by atoms with van der Waals surface area (Å²) in [6, 6.07) is 3.45. The molecule has 2 aromatic rings. The van der Waals surface area contributed by atoms with Crippen molar-refractivity contribution < 1.29 is 21.6 Å². The van der Waals surface area contributed by atoms with Crippen LogP contribution >= 0.6 is 0 Å². The minimum atomic E-state index is -4.73. The summed E-state index contributed by atoms with van der Waals surface area (Å²) in [5.41, 5.74) is 1.74. The van der Waals surface area contributed by atoms with E-state index in [0.29, 0.717) is 30.7 Å². The Bertz CT molecular complexity index is 1070. The number of nitrogens with zero attached hydrogens (tertiary/aromatic N) is 1. The summed E-state index contributed by atoms with van der Waals surface area (Å²) in [4.78, 5) is 0. The lowest BCUT2D eigenvalue weighted by atomic mass is 9.95. The third-order valence-corrected chi connectivity index (χ3v) is 8.73. The van der Waals surface area contributed by atoms with Crippen LogP contribution in [0.4, 0.5) is 13.2 Å². The fourth-order valence-electron chi connectivity index (χ4n) is 4.97. The van der Waals surface area contributed by atoms with E-state index >= 15 is 0 Å². The molecule has 2 fully saturated rings. The van der Waals surface area contributed by atoms with Crippen LogP contribution < -0.4 is 4.72 Å². The van der Waals surface area contributed by atoms with Crippen molar-refractivity contribution in [2.75, 3.05) is 0 Å². The van der Waals surface area contributed by atoms with Crippen molar-refractivity contribution in [3.05, 3.63) is 35.5 Å². The van der Waals surface area contributed by atoms with Crippen molar-refractivity contribution in [1.82, 2.24) is 9.29 Å². The van der Waals surface area contributed by atoms with Gasteiger partial charge in [-0.05, 0) is 48.6 Å². The zero-order valence-electron chi connectivity index (χ0n) is 19.0. The molecule has 2 saturated carbocycles. The van der Waals surface area contributed by atoms with E-state index in [0.717, 1.165) is 30.3 Å². The van der Waals surface area contributed by atoms with Gasteiger partial charge in [0.25, 0.3) is 0 Å². The summed E-state index contributed by atoms with van der Waals surface area (Å²) in [6.07, 6.45) is 2.89. The molecule has 2 aliphatic rings. The highest BCUT2D eigenvalue weighted by Gasteiger charge is 2.46. The van der Waals surface area contributed by atoms with Crippen molar-refractivity contribution in [2.45, 2.75) is 95.6 Å². The number of alkyl halides is 3. The molecule has 8 heteroatoms. The predicted molar refractivity (Wildman–Crippen MR) is 121 cm³/mol. The van der Waals surface area contributed by atoms with Crippen LogP contribution in [0.1, 0.15) is 88.8 Å². The molecule has 1 atom stereocenters. The van der Waals surface area contributed by atoms with Gasteiger partial charge in [0.2, 0.25) is 10.0 Å².